The van der Waals surface area contributed by atoms with E-state index in [0.29, 0.717) is 20.7 Å². The highest BCUT2D eigenvalue weighted by atomic mass is 79.9. The van der Waals surface area contributed by atoms with E-state index in [0.717, 1.165) is 21.3 Å². The molecule has 2 aromatic rings. The molecule has 0 fully saturated rings. The van der Waals surface area contributed by atoms with E-state index in [1.54, 1.807) is 0 Å². The number of hydrogen-bond donors (Lipinski definition) is 2. The Bertz CT molecular complexity index is 689. The Labute approximate surface area is 141 Å². The molecule has 2 nitrogen and oxygen atoms in total. The molecule has 0 aromatic heterocycles. The zero-order valence-corrected chi connectivity index (χ0v) is 14.4. The number of nitrogens with two attached hydrogens (primary N) is 1. The summed E-state index contributed by atoms with van der Waals surface area (Å²) in [5, 5.41) is 4.13. The number of thiocarbonyl (C=S) groups is 1. The van der Waals surface area contributed by atoms with Gasteiger partial charge < -0.3 is 11.1 Å². The summed E-state index contributed by atoms with van der Waals surface area (Å²) in [5.41, 5.74) is 9.09. The molecule has 6 heteroatoms. The van der Waals surface area contributed by atoms with E-state index >= 15 is 0 Å². The summed E-state index contributed by atoms with van der Waals surface area (Å²) < 4.78 is 0.744. The van der Waals surface area contributed by atoms with E-state index < -0.39 is 0 Å². The van der Waals surface area contributed by atoms with Crippen LogP contribution in [0.15, 0.2) is 34.8 Å². The second kappa shape index (κ2) is 6.31. The maximum atomic E-state index is 6.23. The van der Waals surface area contributed by atoms with Crippen LogP contribution >= 0.6 is 51.3 Å². The molecule has 0 saturated heterocycles. The predicted octanol–water partition coefficient (Wildman–Crippen LogP) is 5.44. The van der Waals surface area contributed by atoms with Gasteiger partial charge in [-0.05, 0) is 52.7 Å². The fourth-order valence-electron chi connectivity index (χ4n) is 1.74. The summed E-state index contributed by atoms with van der Waals surface area (Å²) in [4.78, 5) is 0.326. The molecule has 2 aromatic carbocycles. The van der Waals surface area contributed by atoms with Gasteiger partial charge in [0.05, 0.1) is 15.7 Å². The van der Waals surface area contributed by atoms with Gasteiger partial charge in [-0.3, -0.25) is 0 Å². The maximum Gasteiger partial charge on any atom is 0.106 e. The van der Waals surface area contributed by atoms with Gasteiger partial charge in [-0.1, -0.05) is 41.5 Å². The number of hydrogen-bond acceptors (Lipinski definition) is 2. The van der Waals surface area contributed by atoms with Crippen LogP contribution in [0.1, 0.15) is 11.1 Å². The van der Waals surface area contributed by atoms with Crippen LogP contribution in [0.4, 0.5) is 11.4 Å². The summed E-state index contributed by atoms with van der Waals surface area (Å²) in [6.45, 7) is 1.99. The first-order valence-electron chi connectivity index (χ1n) is 5.71. The minimum Gasteiger partial charge on any atom is -0.389 e. The molecule has 0 unspecified atom stereocenters. The largest absolute Gasteiger partial charge is 0.389 e. The van der Waals surface area contributed by atoms with E-state index in [1.807, 2.05) is 37.3 Å². The van der Waals surface area contributed by atoms with Crippen LogP contribution in [0.5, 0.6) is 0 Å². The van der Waals surface area contributed by atoms with Crippen molar-refractivity contribution < 1.29 is 0 Å². The van der Waals surface area contributed by atoms with Crippen molar-refractivity contribution in [3.05, 3.63) is 56.0 Å². The molecule has 0 amide bonds. The van der Waals surface area contributed by atoms with E-state index in [2.05, 4.69) is 21.2 Å². The number of rotatable bonds is 3. The molecule has 0 radical (unpaired) electrons. The molecule has 0 aliphatic carbocycles. The number of halogens is 3. The van der Waals surface area contributed by atoms with E-state index in [-0.39, 0.29) is 0 Å². The van der Waals surface area contributed by atoms with Gasteiger partial charge in [-0.25, -0.2) is 0 Å². The first kappa shape index (κ1) is 15.6. The molecule has 0 atom stereocenters. The lowest BCUT2D eigenvalue weighted by Gasteiger charge is -2.14. The second-order valence-corrected chi connectivity index (χ2v) is 6.31. The van der Waals surface area contributed by atoms with Gasteiger partial charge in [-0.15, -0.1) is 0 Å². The highest BCUT2D eigenvalue weighted by molar-refractivity contribution is 9.10. The monoisotopic (exact) mass is 388 g/mol. The summed E-state index contributed by atoms with van der Waals surface area (Å²) in [6, 6.07) is 9.46. The number of aryl methyl sites for hydroxylation is 1. The zero-order valence-electron chi connectivity index (χ0n) is 10.5. The van der Waals surface area contributed by atoms with Crippen molar-refractivity contribution in [1.82, 2.24) is 0 Å². The SMILES string of the molecule is Cc1ccc(C(N)=S)c(Nc2ccc(Br)c(Cl)c2Cl)c1. The molecular formula is C14H11BrCl2N2S. The average molecular weight is 390 g/mol. The molecule has 0 bridgehead atoms. The number of benzene rings is 2. The van der Waals surface area contributed by atoms with Crippen molar-refractivity contribution >= 4 is 67.7 Å². The minimum atomic E-state index is 0.326. The van der Waals surface area contributed by atoms with Crippen LogP contribution in [0.2, 0.25) is 10.0 Å². The second-order valence-electron chi connectivity index (χ2n) is 4.26. The molecule has 2 rings (SSSR count). The fraction of sp³-hybridized carbons (Fsp3) is 0.0714. The average Bonchev–Trinajstić information content (AvgIpc) is 2.39. The molecular weight excluding hydrogens is 379 g/mol. The van der Waals surface area contributed by atoms with Gasteiger partial charge in [0.15, 0.2) is 0 Å². The summed E-state index contributed by atoms with van der Waals surface area (Å²) in [7, 11) is 0. The Morgan fingerprint density at radius 3 is 2.50 bits per heavy atom. The molecule has 0 aliphatic rings. The van der Waals surface area contributed by atoms with Crippen molar-refractivity contribution in [2.75, 3.05) is 5.32 Å². The lowest BCUT2D eigenvalue weighted by Crippen LogP contribution is -2.12. The first-order chi connectivity index (χ1) is 9.40. The molecule has 0 heterocycles. The highest BCUT2D eigenvalue weighted by Crippen LogP contribution is 2.37. The van der Waals surface area contributed by atoms with E-state index in [4.69, 9.17) is 41.2 Å². The van der Waals surface area contributed by atoms with Crippen LogP contribution in [-0.2, 0) is 0 Å². The van der Waals surface area contributed by atoms with Gasteiger partial charge in [0.1, 0.15) is 4.99 Å². The van der Waals surface area contributed by atoms with Crippen LogP contribution < -0.4 is 11.1 Å². The Kier molecular flexibility index (Phi) is 4.91. The van der Waals surface area contributed by atoms with Gasteiger partial charge in [0.25, 0.3) is 0 Å². The van der Waals surface area contributed by atoms with Crippen molar-refractivity contribution in [2.24, 2.45) is 5.73 Å². The third-order valence-corrected chi connectivity index (χ3v) is 4.74. The number of anilines is 2. The van der Waals surface area contributed by atoms with Crippen LogP contribution in [0.25, 0.3) is 0 Å². The third-order valence-electron chi connectivity index (χ3n) is 2.75. The van der Waals surface area contributed by atoms with Crippen molar-refractivity contribution in [3.63, 3.8) is 0 Å². The topological polar surface area (TPSA) is 38.0 Å². The molecule has 0 saturated carbocycles. The molecule has 0 aliphatic heterocycles. The Balaban J connectivity index is 2.47. The van der Waals surface area contributed by atoms with Gasteiger partial charge in [-0.2, -0.15) is 0 Å². The lowest BCUT2D eigenvalue weighted by atomic mass is 10.1. The molecule has 3 N–H and O–H groups in total. The highest BCUT2D eigenvalue weighted by Gasteiger charge is 2.11. The number of nitrogens with one attached hydrogen (secondary N) is 1. The van der Waals surface area contributed by atoms with Crippen molar-refractivity contribution in [2.45, 2.75) is 6.92 Å². The third kappa shape index (κ3) is 3.26. The Morgan fingerprint density at radius 1 is 1.15 bits per heavy atom. The smallest absolute Gasteiger partial charge is 0.106 e. The zero-order chi connectivity index (χ0) is 14.9. The summed E-state index contributed by atoms with van der Waals surface area (Å²) >= 11 is 20.7. The first-order valence-corrected chi connectivity index (χ1v) is 7.67. The Morgan fingerprint density at radius 2 is 1.85 bits per heavy atom. The van der Waals surface area contributed by atoms with Gasteiger partial charge in [0.2, 0.25) is 0 Å². The normalized spacial score (nSPS) is 10.4. The Hall–Kier alpha value is -0.810. The minimum absolute atomic E-state index is 0.326. The van der Waals surface area contributed by atoms with Crippen LogP contribution in [0.3, 0.4) is 0 Å². The maximum absolute atomic E-state index is 6.23. The lowest BCUT2D eigenvalue weighted by molar-refractivity contribution is 1.43. The summed E-state index contributed by atoms with van der Waals surface area (Å²) in [5.74, 6) is 0. The van der Waals surface area contributed by atoms with Crippen LogP contribution in [-0.4, -0.2) is 4.99 Å². The molecule has 0 spiro atoms. The van der Waals surface area contributed by atoms with E-state index in [9.17, 15) is 0 Å². The van der Waals surface area contributed by atoms with Crippen molar-refractivity contribution in [1.29, 1.82) is 0 Å². The van der Waals surface area contributed by atoms with Crippen molar-refractivity contribution in [3.8, 4) is 0 Å². The van der Waals surface area contributed by atoms with Gasteiger partial charge in [0, 0.05) is 15.7 Å². The summed E-state index contributed by atoms with van der Waals surface area (Å²) in [6.07, 6.45) is 0. The fourth-order valence-corrected chi connectivity index (χ4v) is 2.74. The molecule has 104 valence electrons. The van der Waals surface area contributed by atoms with Gasteiger partial charge >= 0.3 is 0 Å². The van der Waals surface area contributed by atoms with E-state index in [1.165, 1.54) is 0 Å². The molecule has 20 heavy (non-hydrogen) atoms. The predicted molar refractivity (Wildman–Crippen MR) is 94.5 cm³/mol. The van der Waals surface area contributed by atoms with Crippen LogP contribution in [0, 0.1) is 6.92 Å². The standard InChI is InChI=1S/C14H11BrCl2N2S/c1-7-2-3-8(14(18)20)11(6-7)19-10-5-4-9(15)12(16)13(10)17/h2-6,19H,1H3,(H2,18,20). The quantitative estimate of drug-likeness (QED) is 0.541.